The minimum atomic E-state index is -1.47. The van der Waals surface area contributed by atoms with E-state index in [-0.39, 0.29) is 30.5 Å². The first-order valence-corrected chi connectivity index (χ1v) is 16.9. The van der Waals surface area contributed by atoms with E-state index in [2.05, 4.69) is 29.4 Å². The summed E-state index contributed by atoms with van der Waals surface area (Å²) in [6.07, 6.45) is 15.1. The summed E-state index contributed by atoms with van der Waals surface area (Å²) < 4.78 is 33.3. The van der Waals surface area contributed by atoms with Gasteiger partial charge in [0.1, 0.15) is 12.0 Å². The van der Waals surface area contributed by atoms with Crippen LogP contribution in [0.15, 0.2) is 66.0 Å². The van der Waals surface area contributed by atoms with Gasteiger partial charge in [-0.25, -0.2) is 8.78 Å². The normalized spacial score (nSPS) is 15.3. The van der Waals surface area contributed by atoms with Gasteiger partial charge in [-0.05, 0) is 100 Å². The number of methoxy groups -OCH3 is 1. The summed E-state index contributed by atoms with van der Waals surface area (Å²) in [6.45, 7) is 11.3. The van der Waals surface area contributed by atoms with Crippen molar-refractivity contribution in [2.45, 2.75) is 97.1 Å². The number of carbonyl (C=O) groups excluding carboxylic acids is 2. The molecule has 7 nitrogen and oxygen atoms in total. The number of benzene rings is 2. The molecule has 5 atom stereocenters. The molecule has 2 amide bonds. The summed E-state index contributed by atoms with van der Waals surface area (Å²) >= 11 is 0. The molecule has 0 aliphatic rings. The standard InChI is InChI=1S/C39H53F2N3O4.C2H2/c1-10-28-15-14-16-32(20-28)39(7,13-4)42-24-36(45)35(22-29(11-2)21-33(41)19-27(6)40)43-37(46)30-17-26(5)18-31(23-30)38(47)44(8)34(12-3)25-48-9;1-2/h1,14-21,23,27,34-36,42,45H,11-13,22,24-25H2,2-9H3,(H,43,46);1-2H/b29-21+,33-19+;. The van der Waals surface area contributed by atoms with E-state index in [1.807, 2.05) is 52.0 Å². The molecule has 3 N–H and O–H groups in total. The Kier molecular flexibility index (Phi) is 19.0. The number of carbonyl (C=O) groups is 2. The minimum Gasteiger partial charge on any atom is -0.390 e. The molecule has 0 radical (unpaired) electrons. The number of nitrogens with one attached hydrogen (secondary N) is 2. The van der Waals surface area contributed by atoms with Gasteiger partial charge in [0, 0.05) is 42.9 Å². The lowest BCUT2D eigenvalue weighted by Gasteiger charge is -2.34. The molecule has 0 aromatic heterocycles. The molecule has 9 heteroatoms. The molecule has 0 spiro atoms. The lowest BCUT2D eigenvalue weighted by molar-refractivity contribution is 0.0597. The molecule has 2 aromatic carbocycles. The Morgan fingerprint density at radius 2 is 1.80 bits per heavy atom. The van der Waals surface area contributed by atoms with E-state index in [1.54, 1.807) is 38.1 Å². The summed E-state index contributed by atoms with van der Waals surface area (Å²) in [5.74, 6) is 1.19. The zero-order valence-electron chi connectivity index (χ0n) is 30.9. The summed E-state index contributed by atoms with van der Waals surface area (Å²) in [5.41, 5.74) is 3.04. The molecule has 50 heavy (non-hydrogen) atoms. The Hall–Kier alpha value is -4.28. The monoisotopic (exact) mass is 691 g/mol. The highest BCUT2D eigenvalue weighted by atomic mass is 19.1. The Morgan fingerprint density at radius 3 is 2.36 bits per heavy atom. The Bertz CT molecular complexity index is 1530. The highest BCUT2D eigenvalue weighted by Gasteiger charge is 2.29. The van der Waals surface area contributed by atoms with Crippen molar-refractivity contribution in [2.75, 3.05) is 27.3 Å². The third-order valence-electron chi connectivity index (χ3n) is 8.81. The lowest BCUT2D eigenvalue weighted by Crippen LogP contribution is -2.51. The predicted molar refractivity (Wildman–Crippen MR) is 199 cm³/mol. The number of likely N-dealkylation sites (N-methyl/N-ethyl adjacent to an activating group) is 1. The summed E-state index contributed by atoms with van der Waals surface area (Å²) in [5, 5.41) is 18.0. The van der Waals surface area contributed by atoms with Crippen LogP contribution < -0.4 is 10.6 Å². The Morgan fingerprint density at radius 1 is 1.14 bits per heavy atom. The molecule has 0 saturated heterocycles. The first kappa shape index (κ1) is 43.7. The number of aliphatic hydroxyl groups excluding tert-OH is 1. The van der Waals surface area contributed by atoms with Crippen molar-refractivity contribution in [2.24, 2.45) is 0 Å². The van der Waals surface area contributed by atoms with Gasteiger partial charge in [0.05, 0.1) is 24.8 Å². The fourth-order valence-electron chi connectivity index (χ4n) is 5.54. The van der Waals surface area contributed by atoms with Crippen LogP contribution in [-0.2, 0) is 10.3 Å². The smallest absolute Gasteiger partial charge is 0.253 e. The Balaban J connectivity index is 0.00000613. The lowest BCUT2D eigenvalue weighted by atomic mass is 9.87. The topological polar surface area (TPSA) is 90.9 Å². The molecule has 5 unspecified atom stereocenters. The zero-order chi connectivity index (χ0) is 38.0. The van der Waals surface area contributed by atoms with Crippen LogP contribution in [0.25, 0.3) is 0 Å². The molecule has 2 aromatic rings. The van der Waals surface area contributed by atoms with E-state index in [9.17, 15) is 23.5 Å². The van der Waals surface area contributed by atoms with Gasteiger partial charge in [-0.2, -0.15) is 0 Å². The van der Waals surface area contributed by atoms with Gasteiger partial charge in [-0.15, -0.1) is 19.3 Å². The van der Waals surface area contributed by atoms with E-state index in [1.165, 1.54) is 19.1 Å². The number of nitrogens with zero attached hydrogens (tertiary/aromatic N) is 1. The van der Waals surface area contributed by atoms with Gasteiger partial charge < -0.3 is 25.4 Å². The van der Waals surface area contributed by atoms with Crippen LogP contribution in [0.1, 0.15) is 97.7 Å². The van der Waals surface area contributed by atoms with Crippen LogP contribution in [0.4, 0.5) is 8.78 Å². The third-order valence-corrected chi connectivity index (χ3v) is 8.81. The molecule has 0 bridgehead atoms. The largest absolute Gasteiger partial charge is 0.390 e. The van der Waals surface area contributed by atoms with Crippen molar-refractivity contribution < 1.29 is 28.2 Å². The van der Waals surface area contributed by atoms with Crippen molar-refractivity contribution in [3.8, 4) is 25.2 Å². The second-order valence-electron chi connectivity index (χ2n) is 12.5. The molecule has 0 aliphatic carbocycles. The summed E-state index contributed by atoms with van der Waals surface area (Å²) in [4.78, 5) is 28.8. The molecular weight excluding hydrogens is 636 g/mol. The zero-order valence-corrected chi connectivity index (χ0v) is 30.9. The van der Waals surface area contributed by atoms with E-state index in [0.29, 0.717) is 42.6 Å². The quantitative estimate of drug-likeness (QED) is 0.115. The second-order valence-corrected chi connectivity index (χ2v) is 12.5. The van der Waals surface area contributed by atoms with Crippen LogP contribution >= 0.6 is 0 Å². The highest BCUT2D eigenvalue weighted by molar-refractivity contribution is 6.00. The van der Waals surface area contributed by atoms with Gasteiger partial charge in [-0.1, -0.05) is 44.4 Å². The van der Waals surface area contributed by atoms with E-state index >= 15 is 0 Å². The number of rotatable bonds is 18. The number of halogens is 2. The second kappa shape index (κ2) is 21.7. The van der Waals surface area contributed by atoms with Gasteiger partial charge in [-0.3, -0.25) is 9.59 Å². The van der Waals surface area contributed by atoms with Crippen LogP contribution in [0.3, 0.4) is 0 Å². The first-order chi connectivity index (χ1) is 23.7. The van der Waals surface area contributed by atoms with Crippen molar-refractivity contribution >= 4 is 11.8 Å². The van der Waals surface area contributed by atoms with E-state index < -0.39 is 35.6 Å². The third kappa shape index (κ3) is 13.2. The maximum atomic E-state index is 14.6. The number of aryl methyl sites for hydroxylation is 1. The number of amides is 2. The predicted octanol–water partition coefficient (Wildman–Crippen LogP) is 7.03. The van der Waals surface area contributed by atoms with Crippen molar-refractivity contribution in [3.63, 3.8) is 0 Å². The number of aliphatic hydroxyl groups is 1. The van der Waals surface area contributed by atoms with Crippen molar-refractivity contribution in [3.05, 3.63) is 93.8 Å². The first-order valence-electron chi connectivity index (χ1n) is 16.9. The number of terminal acetylenes is 2. The van der Waals surface area contributed by atoms with Crippen LogP contribution in [0.5, 0.6) is 0 Å². The van der Waals surface area contributed by atoms with Gasteiger partial charge in [0.2, 0.25) is 0 Å². The van der Waals surface area contributed by atoms with E-state index in [0.717, 1.165) is 17.2 Å². The number of alkyl halides is 1. The molecule has 0 heterocycles. The number of ether oxygens (including phenoxy) is 1. The highest BCUT2D eigenvalue weighted by Crippen LogP contribution is 2.26. The minimum absolute atomic E-state index is 0.0899. The van der Waals surface area contributed by atoms with Gasteiger partial charge in [0.15, 0.2) is 0 Å². The summed E-state index contributed by atoms with van der Waals surface area (Å²) in [7, 11) is 3.29. The Labute approximate surface area is 298 Å². The molecule has 272 valence electrons. The van der Waals surface area contributed by atoms with Crippen molar-refractivity contribution in [1.29, 1.82) is 0 Å². The average molecular weight is 692 g/mol. The molecule has 0 fully saturated rings. The van der Waals surface area contributed by atoms with E-state index in [4.69, 9.17) is 11.2 Å². The van der Waals surface area contributed by atoms with Crippen LogP contribution in [0, 0.1) is 32.1 Å². The average Bonchev–Trinajstić information content (AvgIpc) is 3.11. The van der Waals surface area contributed by atoms with Gasteiger partial charge >= 0.3 is 0 Å². The SMILES string of the molecule is C#C.C#Cc1cccc(C(C)(CC)NCC(O)C(C/C(=C/C(F)=C\C(C)F)CC)NC(=O)c2cc(C)cc(C(=O)N(C)C(CC)COC)c2)c1. The fraction of sp³-hybridized carbons (Fsp3) is 0.463. The molecular formula is C41H55F2N3O4. The molecule has 0 saturated carbocycles. The van der Waals surface area contributed by atoms with Crippen LogP contribution in [-0.4, -0.2) is 73.5 Å². The van der Waals surface area contributed by atoms with Gasteiger partial charge in [0.25, 0.3) is 11.8 Å². The molecule has 2 rings (SSSR count). The maximum Gasteiger partial charge on any atom is 0.253 e. The number of hydrogen-bond donors (Lipinski definition) is 3. The number of allylic oxidation sites excluding steroid dienone is 3. The molecule has 0 aliphatic heterocycles. The maximum absolute atomic E-state index is 14.6. The van der Waals surface area contributed by atoms with Crippen molar-refractivity contribution in [1.82, 2.24) is 15.5 Å². The summed E-state index contributed by atoms with van der Waals surface area (Å²) in [6, 6.07) is 11.6. The number of hydrogen-bond acceptors (Lipinski definition) is 5. The van der Waals surface area contributed by atoms with Crippen LogP contribution in [0.2, 0.25) is 0 Å². The fourth-order valence-corrected chi connectivity index (χ4v) is 5.54.